The van der Waals surface area contributed by atoms with Crippen LogP contribution in [0.5, 0.6) is 0 Å². The Morgan fingerprint density at radius 2 is 2.00 bits per heavy atom. The number of benzene rings is 1. The number of hydrogen-bond donors (Lipinski definition) is 1. The minimum Gasteiger partial charge on any atom is -0.481 e. The molecule has 1 N–H and O–H groups in total. The van der Waals surface area contributed by atoms with Crippen LogP contribution in [0.15, 0.2) is 30.8 Å². The van der Waals surface area contributed by atoms with E-state index in [9.17, 15) is 9.59 Å². The predicted octanol–water partition coefficient (Wildman–Crippen LogP) is 1.98. The van der Waals surface area contributed by atoms with E-state index in [2.05, 4.69) is 6.58 Å². The monoisotopic (exact) mass is 231 g/mol. The summed E-state index contributed by atoms with van der Waals surface area (Å²) >= 11 is 0. The molecule has 0 spiro atoms. The van der Waals surface area contributed by atoms with Crippen molar-refractivity contribution in [2.75, 3.05) is 0 Å². The summed E-state index contributed by atoms with van der Waals surface area (Å²) in [5, 5.41) is 8.77. The number of carboxylic acid groups (broad SMARTS) is 1. The molecule has 0 fully saturated rings. The normalized spacial score (nSPS) is 15.9. The summed E-state index contributed by atoms with van der Waals surface area (Å²) < 4.78 is 0. The second-order valence-electron chi connectivity index (χ2n) is 4.11. The molecular formula is C13H13NO3. The molecular weight excluding hydrogens is 218 g/mol. The van der Waals surface area contributed by atoms with Crippen LogP contribution >= 0.6 is 0 Å². The van der Waals surface area contributed by atoms with Crippen LogP contribution in [0, 0.1) is 0 Å². The first kappa shape index (κ1) is 11.4. The average molecular weight is 231 g/mol. The number of hydrogen-bond acceptors (Lipinski definition) is 2. The molecule has 0 saturated carbocycles. The number of fused-ring (bicyclic) bond motifs is 1. The summed E-state index contributed by atoms with van der Waals surface area (Å²) in [4.78, 5) is 24.2. The van der Waals surface area contributed by atoms with Gasteiger partial charge in [0.25, 0.3) is 5.91 Å². The fraction of sp³-hybridized carbons (Fsp3) is 0.231. The smallest absolute Gasteiger partial charge is 0.305 e. The van der Waals surface area contributed by atoms with Crippen LogP contribution in [0.2, 0.25) is 0 Å². The standard InChI is InChI=1S/C13H13NO3/c1-8(7-12(15)16)14-9(2)10-5-3-4-6-11(10)13(14)17/h3-6,8H,2,7H2,1H3,(H,15,16). The van der Waals surface area contributed by atoms with Gasteiger partial charge in [-0.25, -0.2) is 0 Å². The van der Waals surface area contributed by atoms with E-state index in [4.69, 9.17) is 5.11 Å². The van der Waals surface area contributed by atoms with Gasteiger partial charge < -0.3 is 10.0 Å². The third-order valence-electron chi connectivity index (χ3n) is 2.89. The molecule has 1 aromatic carbocycles. The van der Waals surface area contributed by atoms with Crippen molar-refractivity contribution in [3.8, 4) is 0 Å². The van der Waals surface area contributed by atoms with Gasteiger partial charge in [0.2, 0.25) is 0 Å². The van der Waals surface area contributed by atoms with E-state index in [1.54, 1.807) is 19.1 Å². The zero-order valence-corrected chi connectivity index (χ0v) is 9.51. The van der Waals surface area contributed by atoms with Gasteiger partial charge in [-0.2, -0.15) is 0 Å². The molecule has 1 amide bonds. The molecule has 0 saturated heterocycles. The maximum atomic E-state index is 12.1. The number of rotatable bonds is 3. The van der Waals surface area contributed by atoms with Crippen molar-refractivity contribution in [3.05, 3.63) is 42.0 Å². The molecule has 4 nitrogen and oxygen atoms in total. The van der Waals surface area contributed by atoms with Gasteiger partial charge in [-0.1, -0.05) is 24.8 Å². The summed E-state index contributed by atoms with van der Waals surface area (Å²) in [5.41, 5.74) is 1.96. The third-order valence-corrected chi connectivity index (χ3v) is 2.89. The molecule has 4 heteroatoms. The topological polar surface area (TPSA) is 57.6 Å². The van der Waals surface area contributed by atoms with Crippen LogP contribution in [0.25, 0.3) is 5.70 Å². The lowest BCUT2D eigenvalue weighted by atomic mass is 10.1. The summed E-state index contributed by atoms with van der Waals surface area (Å²) in [7, 11) is 0. The quantitative estimate of drug-likeness (QED) is 0.865. The Labute approximate surface area is 99.2 Å². The average Bonchev–Trinajstić information content (AvgIpc) is 2.51. The molecule has 1 aliphatic rings. The zero-order valence-electron chi connectivity index (χ0n) is 9.51. The Hall–Kier alpha value is -2.10. The number of carbonyl (C=O) groups is 2. The van der Waals surface area contributed by atoms with Crippen LogP contribution in [0.4, 0.5) is 0 Å². The predicted molar refractivity (Wildman–Crippen MR) is 63.4 cm³/mol. The zero-order chi connectivity index (χ0) is 12.6. The molecule has 1 aromatic rings. The minimum atomic E-state index is -0.922. The molecule has 0 aliphatic carbocycles. The Morgan fingerprint density at radius 3 is 2.53 bits per heavy atom. The Morgan fingerprint density at radius 1 is 1.41 bits per heavy atom. The molecule has 0 radical (unpaired) electrons. The van der Waals surface area contributed by atoms with E-state index in [1.165, 1.54) is 4.90 Å². The maximum absolute atomic E-state index is 12.1. The van der Waals surface area contributed by atoms with Crippen LogP contribution in [-0.4, -0.2) is 27.9 Å². The number of carbonyl (C=O) groups excluding carboxylic acids is 1. The largest absolute Gasteiger partial charge is 0.481 e. The second kappa shape index (κ2) is 4.05. The van der Waals surface area contributed by atoms with Gasteiger partial charge in [-0.15, -0.1) is 0 Å². The Balaban J connectivity index is 2.33. The van der Waals surface area contributed by atoms with E-state index in [0.717, 1.165) is 5.56 Å². The molecule has 1 heterocycles. The third kappa shape index (κ3) is 1.82. The molecule has 2 rings (SSSR count). The molecule has 1 atom stereocenters. The van der Waals surface area contributed by atoms with E-state index < -0.39 is 5.97 Å². The number of amides is 1. The van der Waals surface area contributed by atoms with Gasteiger partial charge in [-0.3, -0.25) is 9.59 Å². The van der Waals surface area contributed by atoms with E-state index in [1.807, 2.05) is 12.1 Å². The first-order valence-corrected chi connectivity index (χ1v) is 5.36. The molecule has 1 aliphatic heterocycles. The summed E-state index contributed by atoms with van der Waals surface area (Å²) in [6.07, 6.45) is -0.0846. The second-order valence-corrected chi connectivity index (χ2v) is 4.11. The number of nitrogens with zero attached hydrogens (tertiary/aromatic N) is 1. The number of aliphatic carboxylic acids is 1. The molecule has 17 heavy (non-hydrogen) atoms. The van der Waals surface area contributed by atoms with Crippen molar-refractivity contribution >= 4 is 17.6 Å². The highest BCUT2D eigenvalue weighted by Gasteiger charge is 2.34. The first-order chi connectivity index (χ1) is 8.02. The van der Waals surface area contributed by atoms with Crippen molar-refractivity contribution in [2.45, 2.75) is 19.4 Å². The van der Waals surface area contributed by atoms with E-state index in [-0.39, 0.29) is 18.4 Å². The van der Waals surface area contributed by atoms with Crippen molar-refractivity contribution in [1.82, 2.24) is 4.90 Å². The summed E-state index contributed by atoms with van der Waals surface area (Å²) in [5.74, 6) is -1.09. The van der Waals surface area contributed by atoms with Crippen LogP contribution < -0.4 is 0 Å². The highest BCUT2D eigenvalue weighted by molar-refractivity contribution is 6.09. The fourth-order valence-corrected chi connectivity index (χ4v) is 2.11. The highest BCUT2D eigenvalue weighted by atomic mass is 16.4. The summed E-state index contributed by atoms with van der Waals surface area (Å²) in [6, 6.07) is 6.79. The lowest BCUT2D eigenvalue weighted by Gasteiger charge is -2.24. The maximum Gasteiger partial charge on any atom is 0.305 e. The minimum absolute atomic E-state index is 0.0846. The van der Waals surface area contributed by atoms with Gasteiger partial charge in [-0.05, 0) is 13.0 Å². The van der Waals surface area contributed by atoms with Crippen LogP contribution in [0.3, 0.4) is 0 Å². The fourth-order valence-electron chi connectivity index (χ4n) is 2.11. The van der Waals surface area contributed by atoms with Crippen molar-refractivity contribution < 1.29 is 14.7 Å². The van der Waals surface area contributed by atoms with Gasteiger partial charge >= 0.3 is 5.97 Å². The summed E-state index contributed by atoms with van der Waals surface area (Å²) in [6.45, 7) is 5.58. The molecule has 0 bridgehead atoms. The van der Waals surface area contributed by atoms with E-state index >= 15 is 0 Å². The van der Waals surface area contributed by atoms with Gasteiger partial charge in [0.05, 0.1) is 6.42 Å². The number of carboxylic acids is 1. The van der Waals surface area contributed by atoms with E-state index in [0.29, 0.717) is 11.3 Å². The van der Waals surface area contributed by atoms with Gasteiger partial charge in [0.15, 0.2) is 0 Å². The van der Waals surface area contributed by atoms with Gasteiger partial charge in [0.1, 0.15) is 0 Å². The van der Waals surface area contributed by atoms with Gasteiger partial charge in [0, 0.05) is 22.9 Å². The van der Waals surface area contributed by atoms with Crippen molar-refractivity contribution in [3.63, 3.8) is 0 Å². The van der Waals surface area contributed by atoms with Crippen LogP contribution in [0.1, 0.15) is 29.3 Å². The first-order valence-electron chi connectivity index (χ1n) is 5.36. The lowest BCUT2D eigenvalue weighted by molar-refractivity contribution is -0.137. The van der Waals surface area contributed by atoms with Crippen molar-refractivity contribution in [1.29, 1.82) is 0 Å². The highest BCUT2D eigenvalue weighted by Crippen LogP contribution is 2.33. The Kier molecular flexibility index (Phi) is 2.71. The van der Waals surface area contributed by atoms with Crippen LogP contribution in [-0.2, 0) is 4.79 Å². The Bertz CT molecular complexity index is 472. The SMILES string of the molecule is C=C1c2ccccc2C(=O)N1C(C)CC(=O)O. The molecule has 88 valence electrons. The molecule has 0 aromatic heterocycles. The lowest BCUT2D eigenvalue weighted by Crippen LogP contribution is -2.34. The van der Waals surface area contributed by atoms with Crippen molar-refractivity contribution in [2.24, 2.45) is 0 Å². The molecule has 1 unspecified atom stereocenters.